The van der Waals surface area contributed by atoms with Gasteiger partial charge < -0.3 is 9.47 Å². The maximum atomic E-state index is 11.1. The second kappa shape index (κ2) is 4.67. The van der Waals surface area contributed by atoms with Crippen LogP contribution in [0.3, 0.4) is 0 Å². The number of halogens is 1. The number of ether oxygens (including phenoxy) is 2. The minimum Gasteiger partial charge on any atom is -0.465 e. The van der Waals surface area contributed by atoms with Crippen molar-refractivity contribution in [3.63, 3.8) is 0 Å². The predicted octanol–water partition coefficient (Wildman–Crippen LogP) is 2.56. The third kappa shape index (κ3) is 2.78. The lowest BCUT2D eigenvalue weighted by Crippen LogP contribution is -2.01. The van der Waals surface area contributed by atoms with Gasteiger partial charge in [-0.3, -0.25) is 0 Å². The molecule has 0 amide bonds. The zero-order valence-corrected chi connectivity index (χ0v) is 8.38. The van der Waals surface area contributed by atoms with Gasteiger partial charge in [-0.25, -0.2) is 4.79 Å². The molecule has 0 bridgehead atoms. The molecule has 1 aromatic carbocycles. The fourth-order valence-corrected chi connectivity index (χ4v) is 1.02. The third-order valence-electron chi connectivity index (χ3n) is 1.48. The third-order valence-corrected chi connectivity index (χ3v) is 1.56. The lowest BCUT2D eigenvalue weighted by molar-refractivity contribution is 0.0600. The van der Waals surface area contributed by atoms with Crippen molar-refractivity contribution in [1.82, 2.24) is 0 Å². The highest BCUT2D eigenvalue weighted by Crippen LogP contribution is 2.17. The Bertz CT molecular complexity index is 360. The summed E-state index contributed by atoms with van der Waals surface area (Å²) in [5.41, 5.74) is 0.405. The highest BCUT2D eigenvalue weighted by Gasteiger charge is 2.06. The van der Waals surface area contributed by atoms with Crippen molar-refractivity contribution in [3.05, 3.63) is 41.6 Å². The summed E-state index contributed by atoms with van der Waals surface area (Å²) < 4.78 is 9.56. The fraction of sp³-hybridized carbons (Fsp3) is 0.100. The lowest BCUT2D eigenvalue weighted by atomic mass is 10.2. The van der Waals surface area contributed by atoms with Crippen LogP contribution in [0.5, 0.6) is 5.75 Å². The summed E-state index contributed by atoms with van der Waals surface area (Å²) in [5, 5.41) is 0.0482. The average molecular weight is 213 g/mol. The summed E-state index contributed by atoms with van der Waals surface area (Å²) in [6, 6.07) is 6.48. The van der Waals surface area contributed by atoms with Crippen LogP contribution in [-0.2, 0) is 4.74 Å². The molecule has 4 heteroatoms. The predicted molar refractivity (Wildman–Crippen MR) is 53.4 cm³/mol. The summed E-state index contributed by atoms with van der Waals surface area (Å²) in [7, 11) is 1.32. The van der Waals surface area contributed by atoms with Crippen molar-refractivity contribution in [2.45, 2.75) is 0 Å². The first-order chi connectivity index (χ1) is 6.63. The van der Waals surface area contributed by atoms with Crippen LogP contribution in [0, 0.1) is 0 Å². The number of benzene rings is 1. The molecule has 0 fully saturated rings. The number of rotatable bonds is 3. The van der Waals surface area contributed by atoms with Crippen molar-refractivity contribution < 1.29 is 14.3 Å². The van der Waals surface area contributed by atoms with Crippen LogP contribution in [0.15, 0.2) is 36.1 Å². The van der Waals surface area contributed by atoms with Crippen LogP contribution < -0.4 is 4.74 Å². The molecular formula is C10H9ClO3. The topological polar surface area (TPSA) is 35.5 Å². The van der Waals surface area contributed by atoms with Gasteiger partial charge in [-0.15, -0.1) is 0 Å². The first kappa shape index (κ1) is 10.6. The highest BCUT2D eigenvalue weighted by atomic mass is 35.5. The van der Waals surface area contributed by atoms with E-state index in [9.17, 15) is 4.79 Å². The van der Waals surface area contributed by atoms with Gasteiger partial charge in [-0.05, 0) is 36.4 Å². The van der Waals surface area contributed by atoms with E-state index in [0.717, 1.165) is 0 Å². The molecule has 0 heterocycles. The van der Waals surface area contributed by atoms with Gasteiger partial charge in [-0.2, -0.15) is 0 Å². The van der Waals surface area contributed by atoms with E-state index in [1.54, 1.807) is 18.2 Å². The van der Waals surface area contributed by atoms with Crippen molar-refractivity contribution >= 4 is 17.6 Å². The van der Waals surface area contributed by atoms with Crippen molar-refractivity contribution in [2.75, 3.05) is 7.11 Å². The summed E-state index contributed by atoms with van der Waals surface area (Å²) in [4.78, 5) is 11.1. The Balaban J connectivity index is 2.89. The van der Waals surface area contributed by atoms with E-state index in [4.69, 9.17) is 16.3 Å². The molecule has 0 aliphatic carbocycles. The van der Waals surface area contributed by atoms with Crippen LogP contribution in [0.2, 0.25) is 0 Å². The molecule has 0 saturated heterocycles. The van der Waals surface area contributed by atoms with E-state index in [1.165, 1.54) is 13.2 Å². The van der Waals surface area contributed by atoms with E-state index in [0.29, 0.717) is 11.3 Å². The standard InChI is InChI=1S/C10H9ClO3/c1-7(11)14-9-5-3-4-8(6-9)10(12)13-2/h3-6H,1H2,2H3. The van der Waals surface area contributed by atoms with E-state index in [-0.39, 0.29) is 5.22 Å². The number of carbonyl (C=O) groups is 1. The van der Waals surface area contributed by atoms with Gasteiger partial charge in [-0.1, -0.05) is 6.07 Å². The average Bonchev–Trinajstić information content (AvgIpc) is 2.16. The lowest BCUT2D eigenvalue weighted by Gasteiger charge is -2.04. The molecule has 0 radical (unpaired) electrons. The first-order valence-corrected chi connectivity index (χ1v) is 4.22. The Morgan fingerprint density at radius 2 is 2.21 bits per heavy atom. The molecule has 0 saturated carbocycles. The Morgan fingerprint density at radius 3 is 2.79 bits per heavy atom. The zero-order chi connectivity index (χ0) is 10.6. The number of hydrogen-bond acceptors (Lipinski definition) is 3. The van der Waals surface area contributed by atoms with Crippen molar-refractivity contribution in [1.29, 1.82) is 0 Å². The Hall–Kier alpha value is -1.48. The molecule has 0 spiro atoms. The minimum atomic E-state index is -0.421. The monoisotopic (exact) mass is 212 g/mol. The van der Waals surface area contributed by atoms with Crippen LogP contribution in [0.1, 0.15) is 10.4 Å². The van der Waals surface area contributed by atoms with Crippen LogP contribution in [0.4, 0.5) is 0 Å². The Labute approximate surface area is 86.9 Å². The summed E-state index contributed by atoms with van der Waals surface area (Å²) >= 11 is 5.45. The first-order valence-electron chi connectivity index (χ1n) is 3.84. The maximum absolute atomic E-state index is 11.1. The summed E-state index contributed by atoms with van der Waals surface area (Å²) in [6.07, 6.45) is 0. The maximum Gasteiger partial charge on any atom is 0.337 e. The van der Waals surface area contributed by atoms with Gasteiger partial charge in [0.1, 0.15) is 5.75 Å². The summed E-state index contributed by atoms with van der Waals surface area (Å²) in [5.74, 6) is 0.0311. The largest absolute Gasteiger partial charge is 0.465 e. The molecule has 1 rings (SSSR count). The molecule has 0 unspecified atom stereocenters. The van der Waals surface area contributed by atoms with Crippen LogP contribution in [0.25, 0.3) is 0 Å². The number of hydrogen-bond donors (Lipinski definition) is 0. The minimum absolute atomic E-state index is 0.0482. The molecule has 14 heavy (non-hydrogen) atoms. The summed E-state index contributed by atoms with van der Waals surface area (Å²) in [6.45, 7) is 3.37. The van der Waals surface area contributed by atoms with E-state index in [2.05, 4.69) is 11.3 Å². The number of esters is 1. The molecule has 0 N–H and O–H groups in total. The van der Waals surface area contributed by atoms with E-state index < -0.39 is 5.97 Å². The SMILES string of the molecule is C=C(Cl)Oc1cccc(C(=O)OC)c1. The molecule has 1 aromatic rings. The molecule has 74 valence electrons. The van der Waals surface area contributed by atoms with Crippen molar-refractivity contribution in [2.24, 2.45) is 0 Å². The smallest absolute Gasteiger partial charge is 0.337 e. The van der Waals surface area contributed by atoms with E-state index >= 15 is 0 Å². The second-order valence-corrected chi connectivity index (χ2v) is 2.90. The van der Waals surface area contributed by atoms with Crippen LogP contribution >= 0.6 is 11.6 Å². The van der Waals surface area contributed by atoms with Gasteiger partial charge >= 0.3 is 5.97 Å². The molecule has 0 aliphatic rings. The number of carbonyl (C=O) groups excluding carboxylic acids is 1. The molecule has 0 aromatic heterocycles. The highest BCUT2D eigenvalue weighted by molar-refractivity contribution is 6.28. The van der Waals surface area contributed by atoms with E-state index in [1.807, 2.05) is 0 Å². The van der Waals surface area contributed by atoms with Gasteiger partial charge in [0, 0.05) is 0 Å². The number of methoxy groups -OCH3 is 1. The Kier molecular flexibility index (Phi) is 3.54. The zero-order valence-electron chi connectivity index (χ0n) is 7.62. The van der Waals surface area contributed by atoms with Crippen LogP contribution in [-0.4, -0.2) is 13.1 Å². The molecular weight excluding hydrogens is 204 g/mol. The Morgan fingerprint density at radius 1 is 1.50 bits per heavy atom. The van der Waals surface area contributed by atoms with Gasteiger partial charge in [0.05, 0.1) is 12.7 Å². The normalized spacial score (nSPS) is 9.29. The molecule has 0 aliphatic heterocycles. The molecule has 3 nitrogen and oxygen atoms in total. The quantitative estimate of drug-likeness (QED) is 0.571. The van der Waals surface area contributed by atoms with Crippen molar-refractivity contribution in [3.8, 4) is 5.75 Å². The van der Waals surface area contributed by atoms with Gasteiger partial charge in [0.2, 0.25) is 0 Å². The van der Waals surface area contributed by atoms with Gasteiger partial charge in [0.25, 0.3) is 0 Å². The molecule has 0 atom stereocenters. The fourth-order valence-electron chi connectivity index (χ4n) is 0.932. The van der Waals surface area contributed by atoms with Gasteiger partial charge in [0.15, 0.2) is 5.22 Å². The second-order valence-electron chi connectivity index (χ2n) is 2.48.